The quantitative estimate of drug-likeness (QED) is 0.203. The van der Waals surface area contributed by atoms with Crippen molar-refractivity contribution < 1.29 is 13.3 Å². The second kappa shape index (κ2) is 9.58. The molecule has 0 aliphatic heterocycles. The predicted molar refractivity (Wildman–Crippen MR) is 186 cm³/mol. The van der Waals surface area contributed by atoms with Gasteiger partial charge in [0, 0.05) is 49.9 Å². The number of oxazole rings is 1. The molecule has 0 radical (unpaired) electrons. The topological polar surface area (TPSA) is 55.6 Å². The molecule has 0 N–H and O–H groups in total. The van der Waals surface area contributed by atoms with Crippen molar-refractivity contribution in [1.82, 2.24) is 4.98 Å². The van der Waals surface area contributed by atoms with Crippen molar-refractivity contribution in [3.05, 3.63) is 146 Å². The number of furan rings is 2. The van der Waals surface area contributed by atoms with Crippen LogP contribution in [0, 0.1) is 0 Å². The Morgan fingerprint density at radius 1 is 0.435 bits per heavy atom. The molecule has 0 fully saturated rings. The molecule has 10 aromatic rings. The lowest BCUT2D eigenvalue weighted by molar-refractivity contribution is 0.623. The van der Waals surface area contributed by atoms with Crippen LogP contribution in [0.25, 0.3) is 77.2 Å². The highest BCUT2D eigenvalue weighted by Crippen LogP contribution is 2.45. The van der Waals surface area contributed by atoms with Gasteiger partial charge in [0.1, 0.15) is 27.8 Å². The van der Waals surface area contributed by atoms with Crippen LogP contribution in [0.1, 0.15) is 0 Å². The maximum absolute atomic E-state index is 6.58. The molecule has 5 nitrogen and oxygen atoms in total. The fourth-order valence-corrected chi connectivity index (χ4v) is 6.73. The fourth-order valence-electron chi connectivity index (χ4n) is 6.73. The lowest BCUT2D eigenvalue weighted by Crippen LogP contribution is -2.10. The normalized spacial score (nSPS) is 11.9. The molecule has 0 unspecified atom stereocenters. The summed E-state index contributed by atoms with van der Waals surface area (Å²) >= 11 is 0. The van der Waals surface area contributed by atoms with E-state index in [-0.39, 0.29) is 0 Å². The first kappa shape index (κ1) is 25.0. The number of aromatic nitrogens is 1. The average Bonchev–Trinajstić information content (AvgIpc) is 3.82. The van der Waals surface area contributed by atoms with E-state index in [4.69, 9.17) is 18.2 Å². The molecule has 0 aliphatic rings. The van der Waals surface area contributed by atoms with Gasteiger partial charge in [0.25, 0.3) is 0 Å². The minimum atomic E-state index is 0.581. The summed E-state index contributed by atoms with van der Waals surface area (Å²) < 4.78 is 19.2. The number of anilines is 3. The Morgan fingerprint density at radius 2 is 1.04 bits per heavy atom. The summed E-state index contributed by atoms with van der Waals surface area (Å²) in [4.78, 5) is 7.40. The van der Waals surface area contributed by atoms with Crippen molar-refractivity contribution in [1.29, 1.82) is 0 Å². The molecule has 0 aliphatic carbocycles. The first-order valence-electron chi connectivity index (χ1n) is 15.3. The summed E-state index contributed by atoms with van der Waals surface area (Å²) in [5.74, 6) is 0.581. The highest BCUT2D eigenvalue weighted by molar-refractivity contribution is 6.13. The van der Waals surface area contributed by atoms with E-state index >= 15 is 0 Å². The zero-order valence-electron chi connectivity index (χ0n) is 24.5. The molecule has 0 saturated heterocycles. The minimum Gasteiger partial charge on any atom is -0.456 e. The molecular weight excluding hydrogens is 568 g/mol. The summed E-state index contributed by atoms with van der Waals surface area (Å²) in [6, 6.07) is 49.7. The van der Waals surface area contributed by atoms with Gasteiger partial charge in [0.15, 0.2) is 5.58 Å². The maximum atomic E-state index is 6.58. The lowest BCUT2D eigenvalue weighted by atomic mass is 10.1. The lowest BCUT2D eigenvalue weighted by Gasteiger charge is -2.26. The highest BCUT2D eigenvalue weighted by atomic mass is 16.3. The van der Waals surface area contributed by atoms with Gasteiger partial charge in [-0.25, -0.2) is 4.98 Å². The van der Waals surface area contributed by atoms with E-state index in [2.05, 4.69) is 71.6 Å². The van der Waals surface area contributed by atoms with Gasteiger partial charge < -0.3 is 18.2 Å². The van der Waals surface area contributed by atoms with Crippen molar-refractivity contribution in [2.75, 3.05) is 4.90 Å². The predicted octanol–water partition coefficient (Wildman–Crippen LogP) is 11.9. The molecule has 5 heteroatoms. The monoisotopic (exact) mass is 592 g/mol. The Kier molecular flexibility index (Phi) is 5.22. The Bertz CT molecular complexity index is 2770. The zero-order chi connectivity index (χ0) is 30.2. The molecule has 0 amide bonds. The van der Waals surface area contributed by atoms with Crippen molar-refractivity contribution in [3.8, 4) is 11.5 Å². The third-order valence-corrected chi connectivity index (χ3v) is 8.87. The van der Waals surface area contributed by atoms with Crippen LogP contribution >= 0.6 is 0 Å². The van der Waals surface area contributed by atoms with E-state index in [1.54, 1.807) is 0 Å². The van der Waals surface area contributed by atoms with Crippen molar-refractivity contribution in [3.63, 3.8) is 0 Å². The molecule has 216 valence electrons. The van der Waals surface area contributed by atoms with Gasteiger partial charge in [-0.3, -0.25) is 0 Å². The van der Waals surface area contributed by atoms with Crippen LogP contribution in [0.15, 0.2) is 159 Å². The van der Waals surface area contributed by atoms with Crippen LogP contribution in [0.5, 0.6) is 0 Å². The largest absolute Gasteiger partial charge is 0.456 e. The number of fused-ring (bicyclic) bond motifs is 9. The summed E-state index contributed by atoms with van der Waals surface area (Å²) in [5.41, 5.74) is 8.66. The van der Waals surface area contributed by atoms with E-state index < -0.39 is 0 Å². The minimum absolute atomic E-state index is 0.581. The van der Waals surface area contributed by atoms with Crippen LogP contribution in [0.3, 0.4) is 0 Å². The Balaban J connectivity index is 1.29. The Hall–Kier alpha value is -6.33. The van der Waals surface area contributed by atoms with Crippen LogP contribution in [-0.2, 0) is 0 Å². The van der Waals surface area contributed by atoms with Gasteiger partial charge in [0.05, 0.1) is 5.69 Å². The van der Waals surface area contributed by atoms with E-state index in [9.17, 15) is 0 Å². The molecule has 10 rings (SSSR count). The van der Waals surface area contributed by atoms with Crippen molar-refractivity contribution in [2.24, 2.45) is 0 Å². The summed E-state index contributed by atoms with van der Waals surface area (Å²) in [7, 11) is 0. The van der Waals surface area contributed by atoms with E-state index in [0.717, 1.165) is 88.4 Å². The average molecular weight is 593 g/mol. The summed E-state index contributed by atoms with van der Waals surface area (Å²) in [5, 5.41) is 6.37. The van der Waals surface area contributed by atoms with Crippen LogP contribution in [0.4, 0.5) is 17.1 Å². The second-order valence-electron chi connectivity index (χ2n) is 11.6. The Labute approximate surface area is 262 Å². The fraction of sp³-hybridized carbons (Fsp3) is 0. The maximum Gasteiger partial charge on any atom is 0.227 e. The van der Waals surface area contributed by atoms with Crippen LogP contribution in [0.2, 0.25) is 0 Å². The summed E-state index contributed by atoms with van der Waals surface area (Å²) in [6.07, 6.45) is 0. The number of para-hydroxylation sites is 2. The van der Waals surface area contributed by atoms with Crippen LogP contribution in [-0.4, -0.2) is 4.98 Å². The molecule has 0 bridgehead atoms. The number of hydrogen-bond donors (Lipinski definition) is 0. The SMILES string of the molecule is c1ccc(-c2nc3c(N(c4ccc5c(c4)oc4ccccc45)c4ccc5oc6ccccc6c5c4)cc4ccccc4c3o2)cc1. The number of rotatable bonds is 4. The molecule has 0 saturated carbocycles. The van der Waals surface area contributed by atoms with Crippen molar-refractivity contribution >= 4 is 82.8 Å². The van der Waals surface area contributed by atoms with E-state index in [1.807, 2.05) is 78.9 Å². The molecule has 0 atom stereocenters. The van der Waals surface area contributed by atoms with Gasteiger partial charge >= 0.3 is 0 Å². The first-order chi connectivity index (χ1) is 22.8. The molecule has 7 aromatic carbocycles. The van der Waals surface area contributed by atoms with Gasteiger partial charge in [-0.1, -0.05) is 78.9 Å². The van der Waals surface area contributed by atoms with Gasteiger partial charge in [-0.05, 0) is 66.0 Å². The van der Waals surface area contributed by atoms with Crippen molar-refractivity contribution in [2.45, 2.75) is 0 Å². The zero-order valence-corrected chi connectivity index (χ0v) is 24.5. The Morgan fingerprint density at radius 3 is 1.87 bits per heavy atom. The number of nitrogens with zero attached hydrogens (tertiary/aromatic N) is 2. The van der Waals surface area contributed by atoms with Gasteiger partial charge in [-0.2, -0.15) is 0 Å². The second-order valence-corrected chi connectivity index (χ2v) is 11.6. The third kappa shape index (κ3) is 3.72. The number of benzene rings is 7. The molecular formula is C41H24N2O3. The van der Waals surface area contributed by atoms with E-state index in [1.165, 1.54) is 0 Å². The molecule has 46 heavy (non-hydrogen) atoms. The molecule has 3 aromatic heterocycles. The smallest absolute Gasteiger partial charge is 0.227 e. The first-order valence-corrected chi connectivity index (χ1v) is 15.3. The highest BCUT2D eigenvalue weighted by Gasteiger charge is 2.23. The van der Waals surface area contributed by atoms with E-state index in [0.29, 0.717) is 5.89 Å². The molecule has 3 heterocycles. The molecule has 0 spiro atoms. The van der Waals surface area contributed by atoms with Crippen LogP contribution < -0.4 is 4.90 Å². The van der Waals surface area contributed by atoms with Gasteiger partial charge in [-0.15, -0.1) is 0 Å². The third-order valence-electron chi connectivity index (χ3n) is 8.87. The standard InChI is InChI=1S/C41H24N2O3/c1-2-10-25(11-3-1)41-42-39-34(22-26-12-4-5-13-29(26)40(39)46-41)43(27-19-21-37-33(23-27)31-15-7-9-17-36(31)44-37)28-18-20-32-30-14-6-8-16-35(30)45-38(32)24-28/h1-24H. The summed E-state index contributed by atoms with van der Waals surface area (Å²) in [6.45, 7) is 0. The number of hydrogen-bond acceptors (Lipinski definition) is 5. The van der Waals surface area contributed by atoms with Gasteiger partial charge in [0.2, 0.25) is 5.89 Å².